The zero-order chi connectivity index (χ0) is 24.2. The van der Waals surface area contributed by atoms with Crippen LogP contribution in [0.4, 0.5) is 13.2 Å². The van der Waals surface area contributed by atoms with E-state index in [0.717, 1.165) is 30.1 Å². The van der Waals surface area contributed by atoms with Crippen LogP contribution < -0.4 is 19.6 Å². The number of carbonyl (C=O) groups excluding carboxylic acids is 1. The fraction of sp³-hybridized carbons (Fsp3) is 0.280. The first kappa shape index (κ1) is 24.1. The topological polar surface area (TPSA) is 72.6 Å². The molecule has 8 heteroatoms. The molecule has 1 heterocycles. The first-order valence-corrected chi connectivity index (χ1v) is 10.2. The van der Waals surface area contributed by atoms with Crippen LogP contribution in [0.15, 0.2) is 54.6 Å². The quantitative estimate of drug-likeness (QED) is 0.650. The van der Waals surface area contributed by atoms with Gasteiger partial charge in [0.15, 0.2) is 11.8 Å². The zero-order valence-electron chi connectivity index (χ0n) is 18.5. The van der Waals surface area contributed by atoms with Crippen molar-refractivity contribution in [2.45, 2.75) is 32.0 Å². The van der Waals surface area contributed by atoms with Crippen molar-refractivity contribution in [1.82, 2.24) is 0 Å². The number of hydrogen-bond acceptors (Lipinski definition) is 4. The maximum atomic E-state index is 10.5. The average molecular weight is 459 g/mol. The molecule has 33 heavy (non-hydrogen) atoms. The minimum Gasteiger partial charge on any atom is -0.542 e. The van der Waals surface area contributed by atoms with E-state index in [4.69, 9.17) is 19.4 Å². The van der Waals surface area contributed by atoms with E-state index in [1.165, 1.54) is 27.5 Å². The molecular formula is C25H24F3NO4. The van der Waals surface area contributed by atoms with Gasteiger partial charge in [0.05, 0.1) is 19.8 Å². The number of rotatable bonds is 4. The maximum Gasteiger partial charge on any atom is 0.430 e. The van der Waals surface area contributed by atoms with Crippen molar-refractivity contribution in [3.63, 3.8) is 0 Å². The molecule has 1 atom stereocenters. The average Bonchev–Trinajstić information content (AvgIpc) is 2.78. The lowest BCUT2D eigenvalue weighted by atomic mass is 9.89. The Hall–Kier alpha value is -3.55. The summed E-state index contributed by atoms with van der Waals surface area (Å²) in [5.74, 6) is -1.29. The number of methoxy groups -OCH3 is 2. The molecule has 0 aromatic heterocycles. The summed E-state index contributed by atoms with van der Waals surface area (Å²) in [6, 6.07) is 19.6. The third-order valence-electron chi connectivity index (χ3n) is 5.45. The predicted octanol–water partition coefficient (Wildman–Crippen LogP) is 2.21. The summed E-state index contributed by atoms with van der Waals surface area (Å²) in [6.07, 6.45) is -3.26. The zero-order valence-corrected chi connectivity index (χ0v) is 18.5. The Kier molecular flexibility index (Phi) is 7.26. The molecule has 1 N–H and O–H groups in total. The smallest absolute Gasteiger partial charge is 0.430 e. The van der Waals surface area contributed by atoms with Gasteiger partial charge in [-0.05, 0) is 28.0 Å². The highest BCUT2D eigenvalue weighted by Gasteiger charge is 2.29. The monoisotopic (exact) mass is 459 g/mol. The Morgan fingerprint density at radius 1 is 1.09 bits per heavy atom. The Morgan fingerprint density at radius 3 is 2.39 bits per heavy atom. The lowest BCUT2D eigenvalue weighted by Crippen LogP contribution is -2.82. The molecule has 0 fully saturated rings. The molecule has 1 aliphatic heterocycles. The van der Waals surface area contributed by atoms with Crippen molar-refractivity contribution >= 4 is 22.5 Å². The fourth-order valence-corrected chi connectivity index (χ4v) is 4.06. The molecule has 0 amide bonds. The predicted molar refractivity (Wildman–Crippen MR) is 116 cm³/mol. The van der Waals surface area contributed by atoms with Gasteiger partial charge in [0, 0.05) is 25.8 Å². The fourth-order valence-electron chi connectivity index (χ4n) is 4.06. The summed E-state index contributed by atoms with van der Waals surface area (Å²) in [5, 5.41) is 11.4. The van der Waals surface area contributed by atoms with Crippen LogP contribution in [0.3, 0.4) is 0 Å². The molecule has 3 aromatic rings. The normalized spacial score (nSPS) is 15.1. The lowest BCUT2D eigenvalue weighted by molar-refractivity contribution is -0.504. The Balaban J connectivity index is 0.000000383. The number of halogens is 3. The third-order valence-corrected chi connectivity index (χ3v) is 5.45. The molecule has 1 aliphatic rings. The van der Waals surface area contributed by atoms with Gasteiger partial charge < -0.3 is 19.4 Å². The SMILES string of the molecule is COc1cc2c(c(OC)c1)C(C)=[NH+]C(Cc1cccc3ccccc13)C2.O=C([O-])C(F)(F)F. The number of carboxylic acids is 1. The third kappa shape index (κ3) is 5.63. The molecule has 0 spiro atoms. The van der Waals surface area contributed by atoms with E-state index in [0.29, 0.717) is 6.04 Å². The minimum absolute atomic E-state index is 0.352. The van der Waals surface area contributed by atoms with Crippen LogP contribution in [0.5, 0.6) is 11.5 Å². The molecule has 5 nitrogen and oxygen atoms in total. The number of nitrogens with one attached hydrogen (secondary N) is 1. The van der Waals surface area contributed by atoms with E-state index in [-0.39, 0.29) is 0 Å². The van der Waals surface area contributed by atoms with E-state index in [9.17, 15) is 13.2 Å². The van der Waals surface area contributed by atoms with Gasteiger partial charge in [0.2, 0.25) is 0 Å². The highest BCUT2D eigenvalue weighted by atomic mass is 19.4. The van der Waals surface area contributed by atoms with Crippen molar-refractivity contribution < 1.29 is 37.5 Å². The number of carboxylic acid groups (broad SMARTS) is 1. The second-order valence-corrected chi connectivity index (χ2v) is 7.66. The van der Waals surface area contributed by atoms with E-state index in [2.05, 4.69) is 60.4 Å². The van der Waals surface area contributed by atoms with Crippen LogP contribution in [-0.2, 0) is 17.6 Å². The summed E-state index contributed by atoms with van der Waals surface area (Å²) in [6.45, 7) is 2.13. The molecule has 1 unspecified atom stereocenters. The molecule has 4 rings (SSSR count). The molecule has 0 saturated heterocycles. The van der Waals surface area contributed by atoms with Crippen LogP contribution in [0.2, 0.25) is 0 Å². The molecule has 0 bridgehead atoms. The van der Waals surface area contributed by atoms with Crippen LogP contribution in [-0.4, -0.2) is 38.1 Å². The second-order valence-electron chi connectivity index (χ2n) is 7.66. The number of aliphatic carboxylic acids is 1. The molecule has 0 aliphatic carbocycles. The number of alkyl halides is 3. The highest BCUT2D eigenvalue weighted by molar-refractivity contribution is 5.99. The van der Waals surface area contributed by atoms with Gasteiger partial charge in [-0.25, -0.2) is 4.99 Å². The van der Waals surface area contributed by atoms with Gasteiger partial charge >= 0.3 is 6.18 Å². The van der Waals surface area contributed by atoms with Crippen molar-refractivity contribution in [3.8, 4) is 11.5 Å². The van der Waals surface area contributed by atoms with E-state index < -0.39 is 12.1 Å². The summed E-state index contributed by atoms with van der Waals surface area (Å²) < 4.78 is 42.6. The van der Waals surface area contributed by atoms with Gasteiger partial charge in [-0.2, -0.15) is 13.2 Å². The number of carbonyl (C=O) groups is 1. The molecule has 3 aromatic carbocycles. The first-order valence-electron chi connectivity index (χ1n) is 10.2. The Morgan fingerprint density at radius 2 is 1.76 bits per heavy atom. The van der Waals surface area contributed by atoms with E-state index >= 15 is 0 Å². The lowest BCUT2D eigenvalue weighted by Gasteiger charge is -2.20. The van der Waals surface area contributed by atoms with Crippen molar-refractivity contribution in [2.75, 3.05) is 14.2 Å². The molecule has 174 valence electrons. The van der Waals surface area contributed by atoms with Crippen molar-refractivity contribution in [2.24, 2.45) is 0 Å². The van der Waals surface area contributed by atoms with E-state index in [1.54, 1.807) is 14.2 Å². The number of hydrogen-bond donors (Lipinski definition) is 1. The van der Waals surface area contributed by atoms with Crippen LogP contribution in [0.25, 0.3) is 10.8 Å². The summed E-state index contributed by atoms with van der Waals surface area (Å²) in [4.78, 5) is 12.5. The number of benzene rings is 3. The second kappa shape index (κ2) is 9.94. The Labute approximate surface area is 189 Å². The van der Waals surface area contributed by atoms with Crippen molar-refractivity contribution in [1.29, 1.82) is 0 Å². The standard InChI is InChI=1S/C23H23NO2.C2HF3O2/c1-15-23-18(13-20(25-2)14-22(23)26-3)12-19(24-15)11-17-9-6-8-16-7-4-5-10-21(16)17;3-2(4,5)1(6)7/h4-10,13-14,19H,11-12H2,1-3H3;(H,6,7). The highest BCUT2D eigenvalue weighted by Crippen LogP contribution is 2.31. The summed E-state index contributed by atoms with van der Waals surface area (Å²) >= 11 is 0. The van der Waals surface area contributed by atoms with Crippen LogP contribution >= 0.6 is 0 Å². The molecule has 0 saturated carbocycles. The summed E-state index contributed by atoms with van der Waals surface area (Å²) in [7, 11) is 3.41. The van der Waals surface area contributed by atoms with Gasteiger partial charge in [-0.1, -0.05) is 42.5 Å². The van der Waals surface area contributed by atoms with Gasteiger partial charge in [-0.3, -0.25) is 0 Å². The Bertz CT molecular complexity index is 1180. The van der Waals surface area contributed by atoms with Gasteiger partial charge in [0.25, 0.3) is 0 Å². The maximum absolute atomic E-state index is 10.5. The number of ether oxygens (including phenoxy) is 2. The van der Waals surface area contributed by atoms with Crippen molar-refractivity contribution in [3.05, 3.63) is 71.3 Å². The molecule has 0 radical (unpaired) electrons. The van der Waals surface area contributed by atoms with Crippen LogP contribution in [0, 0.1) is 0 Å². The van der Waals surface area contributed by atoms with Gasteiger partial charge in [-0.15, -0.1) is 0 Å². The summed E-state index contributed by atoms with van der Waals surface area (Å²) in [5.41, 5.74) is 4.99. The van der Waals surface area contributed by atoms with Crippen LogP contribution in [0.1, 0.15) is 23.6 Å². The molecular weight excluding hydrogens is 435 g/mol. The minimum atomic E-state index is -5.19. The first-order chi connectivity index (χ1) is 15.6. The van der Waals surface area contributed by atoms with E-state index in [1.807, 2.05) is 6.07 Å². The van der Waals surface area contributed by atoms with Gasteiger partial charge in [0.1, 0.15) is 17.5 Å². The largest absolute Gasteiger partial charge is 0.542 e. The number of fused-ring (bicyclic) bond motifs is 2.